The van der Waals surface area contributed by atoms with Gasteiger partial charge in [-0.3, -0.25) is 4.79 Å². The molecule has 17 heavy (non-hydrogen) atoms. The van der Waals surface area contributed by atoms with Gasteiger partial charge in [-0.05, 0) is 12.1 Å². The van der Waals surface area contributed by atoms with Crippen molar-refractivity contribution in [2.45, 2.75) is 18.4 Å². The third-order valence-corrected chi connectivity index (χ3v) is 3.26. The van der Waals surface area contributed by atoms with E-state index >= 15 is 0 Å². The van der Waals surface area contributed by atoms with Gasteiger partial charge in [-0.25, -0.2) is 0 Å². The van der Waals surface area contributed by atoms with Crippen LogP contribution in [0.15, 0.2) is 30.3 Å². The van der Waals surface area contributed by atoms with Crippen LogP contribution < -0.4 is 5.32 Å². The van der Waals surface area contributed by atoms with Crippen LogP contribution in [0.2, 0.25) is 0 Å². The van der Waals surface area contributed by atoms with Gasteiger partial charge in [0.05, 0.1) is 6.42 Å². The summed E-state index contributed by atoms with van der Waals surface area (Å²) in [7, 11) is 0. The zero-order valence-electron chi connectivity index (χ0n) is 9.69. The molecular formula is C13H17NO2S. The van der Waals surface area contributed by atoms with Gasteiger partial charge < -0.3 is 10.1 Å². The molecule has 1 aromatic rings. The van der Waals surface area contributed by atoms with E-state index in [9.17, 15) is 4.79 Å². The summed E-state index contributed by atoms with van der Waals surface area (Å²) >= 11 is 4.05. The van der Waals surface area contributed by atoms with Crippen LogP contribution in [0.1, 0.15) is 18.4 Å². The Morgan fingerprint density at radius 3 is 2.76 bits per heavy atom. The van der Waals surface area contributed by atoms with Crippen LogP contribution in [0.5, 0.6) is 0 Å². The van der Waals surface area contributed by atoms with Crippen molar-refractivity contribution in [1.82, 2.24) is 5.32 Å². The summed E-state index contributed by atoms with van der Waals surface area (Å²) in [4.78, 5) is 11.7. The summed E-state index contributed by atoms with van der Waals surface area (Å²) in [5.74, 6) is 0.351. The Labute approximate surface area is 107 Å². The maximum absolute atomic E-state index is 11.7. The van der Waals surface area contributed by atoms with Crippen molar-refractivity contribution in [3.63, 3.8) is 0 Å². The number of carbonyl (C=O) groups is 1. The third kappa shape index (κ3) is 2.82. The Bertz CT molecular complexity index is 374. The van der Waals surface area contributed by atoms with Gasteiger partial charge in [-0.1, -0.05) is 30.3 Å². The van der Waals surface area contributed by atoms with Crippen LogP contribution in [0.4, 0.5) is 0 Å². The highest BCUT2D eigenvalue weighted by molar-refractivity contribution is 7.80. The second-order valence-electron chi connectivity index (χ2n) is 4.23. The summed E-state index contributed by atoms with van der Waals surface area (Å²) in [6.45, 7) is 1.57. The number of hydrogen-bond donors (Lipinski definition) is 2. The lowest BCUT2D eigenvalue weighted by Gasteiger charge is -2.28. The van der Waals surface area contributed by atoms with E-state index in [1.54, 1.807) is 0 Å². The van der Waals surface area contributed by atoms with Crippen LogP contribution in [0, 0.1) is 0 Å². The molecule has 1 aliphatic rings. The molecule has 1 atom stereocenters. The minimum atomic E-state index is -0.485. The third-order valence-electron chi connectivity index (χ3n) is 3.04. The molecule has 0 spiro atoms. The highest BCUT2D eigenvalue weighted by Gasteiger charge is 2.39. The molecule has 1 heterocycles. The number of carbonyl (C=O) groups excluding carboxylic acids is 1. The fourth-order valence-corrected chi connectivity index (χ4v) is 2.35. The van der Waals surface area contributed by atoms with E-state index in [-0.39, 0.29) is 5.97 Å². The van der Waals surface area contributed by atoms with E-state index in [4.69, 9.17) is 4.74 Å². The van der Waals surface area contributed by atoms with E-state index < -0.39 is 5.60 Å². The Morgan fingerprint density at radius 2 is 2.18 bits per heavy atom. The molecule has 1 fully saturated rings. The van der Waals surface area contributed by atoms with Gasteiger partial charge in [-0.15, -0.1) is 0 Å². The first-order chi connectivity index (χ1) is 8.27. The molecule has 3 nitrogen and oxygen atoms in total. The normalized spacial score (nSPS) is 23.6. The van der Waals surface area contributed by atoms with Crippen molar-refractivity contribution in [3.05, 3.63) is 35.9 Å². The van der Waals surface area contributed by atoms with E-state index in [0.29, 0.717) is 18.7 Å². The molecular weight excluding hydrogens is 234 g/mol. The van der Waals surface area contributed by atoms with Crippen molar-refractivity contribution >= 4 is 18.6 Å². The molecule has 0 saturated carbocycles. The van der Waals surface area contributed by atoms with E-state index in [0.717, 1.165) is 18.5 Å². The standard InChI is InChI=1S/C13H17NO2S/c15-12(6-9-17)16-13(7-8-14-10-13)11-4-2-1-3-5-11/h1-5,14,17H,6-10H2. The predicted molar refractivity (Wildman–Crippen MR) is 70.2 cm³/mol. The van der Waals surface area contributed by atoms with Gasteiger partial charge in [0.15, 0.2) is 5.60 Å². The van der Waals surface area contributed by atoms with Gasteiger partial charge in [-0.2, -0.15) is 12.6 Å². The van der Waals surface area contributed by atoms with Crippen molar-refractivity contribution in [1.29, 1.82) is 0 Å². The molecule has 1 unspecified atom stereocenters. The number of esters is 1. The van der Waals surface area contributed by atoms with Crippen LogP contribution in [0.25, 0.3) is 0 Å². The number of nitrogens with one attached hydrogen (secondary N) is 1. The van der Waals surface area contributed by atoms with E-state index in [1.807, 2.05) is 30.3 Å². The van der Waals surface area contributed by atoms with E-state index in [2.05, 4.69) is 17.9 Å². The fraction of sp³-hybridized carbons (Fsp3) is 0.462. The summed E-state index contributed by atoms with van der Waals surface area (Å²) in [6, 6.07) is 9.95. The minimum Gasteiger partial charge on any atom is -0.453 e. The minimum absolute atomic E-state index is 0.174. The first kappa shape index (κ1) is 12.5. The van der Waals surface area contributed by atoms with Gasteiger partial charge in [0, 0.05) is 18.7 Å². The Balaban J connectivity index is 2.18. The second-order valence-corrected chi connectivity index (χ2v) is 4.68. The lowest BCUT2D eigenvalue weighted by molar-refractivity contribution is -0.158. The summed E-state index contributed by atoms with van der Waals surface area (Å²) in [6.07, 6.45) is 1.19. The smallest absolute Gasteiger partial charge is 0.307 e. The molecule has 1 aromatic carbocycles. The zero-order valence-corrected chi connectivity index (χ0v) is 10.6. The molecule has 1 aliphatic heterocycles. The van der Waals surface area contributed by atoms with Crippen molar-refractivity contribution < 1.29 is 9.53 Å². The van der Waals surface area contributed by atoms with Crippen LogP contribution in [-0.2, 0) is 15.1 Å². The average Bonchev–Trinajstić information content (AvgIpc) is 2.80. The predicted octanol–water partition coefficient (Wildman–Crippen LogP) is 1.74. The molecule has 4 heteroatoms. The molecule has 0 amide bonds. The number of rotatable bonds is 4. The zero-order chi connectivity index (χ0) is 12.1. The maximum Gasteiger partial charge on any atom is 0.307 e. The number of benzene rings is 1. The fourth-order valence-electron chi connectivity index (χ4n) is 2.16. The monoisotopic (exact) mass is 251 g/mol. The summed E-state index contributed by atoms with van der Waals surface area (Å²) in [5.41, 5.74) is 0.582. The SMILES string of the molecule is O=C(CCS)OC1(c2ccccc2)CCNC1. The first-order valence-corrected chi connectivity index (χ1v) is 6.49. The Kier molecular flexibility index (Phi) is 4.07. The average molecular weight is 251 g/mol. The largest absolute Gasteiger partial charge is 0.453 e. The maximum atomic E-state index is 11.7. The van der Waals surface area contributed by atoms with Crippen LogP contribution in [-0.4, -0.2) is 24.8 Å². The van der Waals surface area contributed by atoms with Gasteiger partial charge in [0.2, 0.25) is 0 Å². The molecule has 0 bridgehead atoms. The number of thiol groups is 1. The quantitative estimate of drug-likeness (QED) is 0.632. The van der Waals surface area contributed by atoms with Crippen molar-refractivity contribution in [2.75, 3.05) is 18.8 Å². The van der Waals surface area contributed by atoms with Gasteiger partial charge in [0.25, 0.3) is 0 Å². The van der Waals surface area contributed by atoms with Crippen molar-refractivity contribution in [3.8, 4) is 0 Å². The summed E-state index contributed by atoms with van der Waals surface area (Å²) < 4.78 is 5.68. The van der Waals surface area contributed by atoms with Gasteiger partial charge in [0.1, 0.15) is 0 Å². The highest BCUT2D eigenvalue weighted by atomic mass is 32.1. The molecule has 0 aromatic heterocycles. The number of ether oxygens (including phenoxy) is 1. The van der Waals surface area contributed by atoms with Crippen LogP contribution in [0.3, 0.4) is 0 Å². The van der Waals surface area contributed by atoms with Crippen LogP contribution >= 0.6 is 12.6 Å². The molecule has 0 aliphatic carbocycles. The molecule has 0 radical (unpaired) electrons. The molecule has 1 N–H and O–H groups in total. The topological polar surface area (TPSA) is 38.3 Å². The Morgan fingerprint density at radius 1 is 1.41 bits per heavy atom. The molecule has 92 valence electrons. The van der Waals surface area contributed by atoms with E-state index in [1.165, 1.54) is 0 Å². The molecule has 2 rings (SSSR count). The van der Waals surface area contributed by atoms with Crippen molar-refractivity contribution in [2.24, 2.45) is 0 Å². The number of hydrogen-bond acceptors (Lipinski definition) is 4. The summed E-state index contributed by atoms with van der Waals surface area (Å²) in [5, 5.41) is 3.26. The molecule has 1 saturated heterocycles. The lowest BCUT2D eigenvalue weighted by Crippen LogP contribution is -2.34. The lowest BCUT2D eigenvalue weighted by atomic mass is 9.92. The second kappa shape index (κ2) is 5.56. The Hall–Kier alpha value is -1.00. The first-order valence-electron chi connectivity index (χ1n) is 5.86. The van der Waals surface area contributed by atoms with Gasteiger partial charge >= 0.3 is 5.97 Å². The highest BCUT2D eigenvalue weighted by Crippen LogP contribution is 2.32.